The molecule has 24 heavy (non-hydrogen) atoms. The predicted octanol–water partition coefficient (Wildman–Crippen LogP) is 3.16. The molecule has 2 aromatic rings. The van der Waals surface area contributed by atoms with Crippen molar-refractivity contribution in [2.24, 2.45) is 0 Å². The van der Waals surface area contributed by atoms with E-state index in [1.807, 2.05) is 19.9 Å². The van der Waals surface area contributed by atoms with Gasteiger partial charge in [-0.05, 0) is 29.3 Å². The standard InChI is InChI=1S/C19H21F2NO2/c1-19(2)11-22(18-14(19)7-4-8-15(18)21)17(16(24)10-23)12-5-3-6-13(20)9-12/h3-9,16-17,23-24H,10-11H2,1-2H3/t16-,17+/m1/s1. The molecule has 0 unspecified atom stereocenters. The molecule has 3 rings (SSSR count). The highest BCUT2D eigenvalue weighted by Crippen LogP contribution is 2.46. The number of fused-ring (bicyclic) bond motifs is 1. The number of anilines is 1. The van der Waals surface area contributed by atoms with Crippen LogP contribution in [0.2, 0.25) is 0 Å². The minimum Gasteiger partial charge on any atom is -0.394 e. The summed E-state index contributed by atoms with van der Waals surface area (Å²) in [6.07, 6.45) is -1.16. The molecule has 0 aromatic heterocycles. The minimum atomic E-state index is -1.16. The molecule has 128 valence electrons. The number of aliphatic hydroxyl groups excluding tert-OH is 2. The maximum absolute atomic E-state index is 14.5. The van der Waals surface area contributed by atoms with Crippen LogP contribution in [0.4, 0.5) is 14.5 Å². The first-order valence-corrected chi connectivity index (χ1v) is 7.95. The van der Waals surface area contributed by atoms with Gasteiger partial charge in [-0.15, -0.1) is 0 Å². The van der Waals surface area contributed by atoms with Crippen LogP contribution < -0.4 is 4.90 Å². The smallest absolute Gasteiger partial charge is 0.146 e. The molecule has 5 heteroatoms. The molecule has 0 spiro atoms. The average Bonchev–Trinajstić information content (AvgIpc) is 2.80. The summed E-state index contributed by atoms with van der Waals surface area (Å²) in [4.78, 5) is 1.74. The average molecular weight is 333 g/mol. The Morgan fingerprint density at radius 2 is 1.88 bits per heavy atom. The molecule has 1 aliphatic heterocycles. The van der Waals surface area contributed by atoms with Crippen molar-refractivity contribution in [1.82, 2.24) is 0 Å². The summed E-state index contributed by atoms with van der Waals surface area (Å²) >= 11 is 0. The Balaban J connectivity index is 2.14. The SMILES string of the molecule is CC1(C)CN([C@@H](c2cccc(F)c2)[C@H](O)CO)c2c(F)cccc21. The van der Waals surface area contributed by atoms with Gasteiger partial charge < -0.3 is 15.1 Å². The van der Waals surface area contributed by atoms with Crippen LogP contribution in [-0.2, 0) is 5.41 Å². The van der Waals surface area contributed by atoms with Crippen molar-refractivity contribution in [3.05, 3.63) is 65.2 Å². The van der Waals surface area contributed by atoms with Gasteiger partial charge in [0.1, 0.15) is 17.7 Å². The normalized spacial score (nSPS) is 18.3. The number of benzene rings is 2. The number of rotatable bonds is 4. The summed E-state index contributed by atoms with van der Waals surface area (Å²) < 4.78 is 28.2. The van der Waals surface area contributed by atoms with Gasteiger partial charge in [0.05, 0.1) is 18.3 Å². The van der Waals surface area contributed by atoms with Crippen molar-refractivity contribution < 1.29 is 19.0 Å². The Bertz CT molecular complexity index is 748. The summed E-state index contributed by atoms with van der Waals surface area (Å²) in [5.41, 5.74) is 1.43. The minimum absolute atomic E-state index is 0.321. The predicted molar refractivity (Wildman–Crippen MR) is 89.0 cm³/mol. The van der Waals surface area contributed by atoms with Crippen LogP contribution in [0.1, 0.15) is 31.0 Å². The molecule has 1 aliphatic rings. The Labute approximate surface area is 140 Å². The summed E-state index contributed by atoms with van der Waals surface area (Å²) in [5, 5.41) is 19.9. The Morgan fingerprint density at radius 1 is 1.17 bits per heavy atom. The van der Waals surface area contributed by atoms with E-state index in [2.05, 4.69) is 0 Å². The molecule has 0 radical (unpaired) electrons. The molecule has 2 N–H and O–H groups in total. The second-order valence-electron chi connectivity index (χ2n) is 6.90. The number of hydrogen-bond donors (Lipinski definition) is 2. The maximum atomic E-state index is 14.5. The van der Waals surface area contributed by atoms with Gasteiger partial charge >= 0.3 is 0 Å². The van der Waals surface area contributed by atoms with Crippen LogP contribution in [0.25, 0.3) is 0 Å². The van der Waals surface area contributed by atoms with Crippen LogP contribution in [0.5, 0.6) is 0 Å². The van der Waals surface area contributed by atoms with Gasteiger partial charge in [0.25, 0.3) is 0 Å². The Kier molecular flexibility index (Phi) is 4.32. The van der Waals surface area contributed by atoms with E-state index in [-0.39, 0.29) is 11.2 Å². The summed E-state index contributed by atoms with van der Waals surface area (Å²) in [5.74, 6) is -0.820. The lowest BCUT2D eigenvalue weighted by Crippen LogP contribution is -2.40. The van der Waals surface area contributed by atoms with E-state index in [1.165, 1.54) is 18.2 Å². The largest absolute Gasteiger partial charge is 0.394 e. The fourth-order valence-electron chi connectivity index (χ4n) is 3.58. The fourth-order valence-corrected chi connectivity index (χ4v) is 3.58. The van der Waals surface area contributed by atoms with E-state index in [4.69, 9.17) is 0 Å². The Hall–Kier alpha value is -1.98. The first kappa shape index (κ1) is 16.9. The van der Waals surface area contributed by atoms with Crippen molar-refractivity contribution in [3.63, 3.8) is 0 Å². The van der Waals surface area contributed by atoms with E-state index in [0.29, 0.717) is 17.8 Å². The molecule has 0 amide bonds. The molecule has 0 bridgehead atoms. The monoisotopic (exact) mass is 333 g/mol. The maximum Gasteiger partial charge on any atom is 0.146 e. The number of hydrogen-bond acceptors (Lipinski definition) is 3. The molecular formula is C19H21F2NO2. The lowest BCUT2D eigenvalue weighted by Gasteiger charge is -2.35. The summed E-state index contributed by atoms with van der Waals surface area (Å²) in [7, 11) is 0. The number of para-hydroxylation sites is 1. The van der Waals surface area contributed by atoms with Crippen LogP contribution >= 0.6 is 0 Å². The number of halogens is 2. The van der Waals surface area contributed by atoms with E-state index in [1.54, 1.807) is 23.1 Å². The highest BCUT2D eigenvalue weighted by molar-refractivity contribution is 5.64. The first-order chi connectivity index (χ1) is 11.3. The molecule has 0 saturated heterocycles. The number of aliphatic hydroxyl groups is 2. The first-order valence-electron chi connectivity index (χ1n) is 7.95. The van der Waals surface area contributed by atoms with Crippen LogP contribution in [0.15, 0.2) is 42.5 Å². The van der Waals surface area contributed by atoms with Gasteiger partial charge in [-0.2, -0.15) is 0 Å². The van der Waals surface area contributed by atoms with E-state index < -0.39 is 24.6 Å². The lowest BCUT2D eigenvalue weighted by molar-refractivity contribution is 0.0708. The highest BCUT2D eigenvalue weighted by Gasteiger charge is 2.42. The van der Waals surface area contributed by atoms with Gasteiger partial charge in [0.15, 0.2) is 0 Å². The molecule has 3 nitrogen and oxygen atoms in total. The van der Waals surface area contributed by atoms with Gasteiger partial charge in [0, 0.05) is 12.0 Å². The molecule has 0 aliphatic carbocycles. The highest BCUT2D eigenvalue weighted by atomic mass is 19.1. The zero-order valence-corrected chi connectivity index (χ0v) is 13.7. The Morgan fingerprint density at radius 3 is 2.54 bits per heavy atom. The topological polar surface area (TPSA) is 43.7 Å². The van der Waals surface area contributed by atoms with E-state index in [9.17, 15) is 19.0 Å². The van der Waals surface area contributed by atoms with Crippen molar-refractivity contribution in [2.75, 3.05) is 18.1 Å². The van der Waals surface area contributed by atoms with E-state index >= 15 is 0 Å². The van der Waals surface area contributed by atoms with Gasteiger partial charge in [-0.25, -0.2) is 8.78 Å². The van der Waals surface area contributed by atoms with Crippen LogP contribution in [-0.4, -0.2) is 29.5 Å². The zero-order valence-electron chi connectivity index (χ0n) is 13.7. The molecule has 2 atom stereocenters. The second-order valence-corrected chi connectivity index (χ2v) is 6.90. The fraction of sp³-hybridized carbons (Fsp3) is 0.368. The summed E-state index contributed by atoms with van der Waals surface area (Å²) in [6.45, 7) is 3.96. The molecular weight excluding hydrogens is 312 g/mol. The van der Waals surface area contributed by atoms with Crippen molar-refractivity contribution in [3.8, 4) is 0 Å². The second kappa shape index (κ2) is 6.15. The van der Waals surface area contributed by atoms with Crippen molar-refractivity contribution in [2.45, 2.75) is 31.4 Å². The molecule has 2 aromatic carbocycles. The quantitative estimate of drug-likeness (QED) is 0.903. The third kappa shape index (κ3) is 2.78. The van der Waals surface area contributed by atoms with Gasteiger partial charge in [0.2, 0.25) is 0 Å². The van der Waals surface area contributed by atoms with Gasteiger partial charge in [-0.3, -0.25) is 0 Å². The summed E-state index contributed by atoms with van der Waals surface area (Å²) in [6, 6.07) is 10.0. The van der Waals surface area contributed by atoms with Gasteiger partial charge in [-0.1, -0.05) is 38.1 Å². The zero-order chi connectivity index (χ0) is 17.5. The number of nitrogens with zero attached hydrogens (tertiary/aromatic N) is 1. The lowest BCUT2D eigenvalue weighted by atomic mass is 9.87. The molecule has 0 fully saturated rings. The van der Waals surface area contributed by atoms with Crippen molar-refractivity contribution in [1.29, 1.82) is 0 Å². The van der Waals surface area contributed by atoms with Crippen LogP contribution in [0.3, 0.4) is 0 Å². The third-order valence-electron chi connectivity index (χ3n) is 4.65. The van der Waals surface area contributed by atoms with E-state index in [0.717, 1.165) is 5.56 Å². The molecule has 1 heterocycles. The molecule has 0 saturated carbocycles. The third-order valence-corrected chi connectivity index (χ3v) is 4.65. The van der Waals surface area contributed by atoms with Crippen LogP contribution in [0, 0.1) is 11.6 Å². The van der Waals surface area contributed by atoms with Crippen molar-refractivity contribution >= 4 is 5.69 Å².